The van der Waals surface area contributed by atoms with E-state index < -0.39 is 5.54 Å². The van der Waals surface area contributed by atoms with Crippen LogP contribution in [0.4, 0.5) is 4.39 Å². The van der Waals surface area contributed by atoms with Crippen LogP contribution < -0.4 is 4.74 Å². The van der Waals surface area contributed by atoms with E-state index in [-0.39, 0.29) is 25.0 Å². The van der Waals surface area contributed by atoms with Gasteiger partial charge in [-0.3, -0.25) is 4.79 Å². The third-order valence-corrected chi connectivity index (χ3v) is 4.91. The SMILES string of the molecule is COc1cccc(-c2cc(C3(c4ccccc4)COC(OC=O)=N3)ccc2F)c1. The molecule has 0 aliphatic carbocycles. The molecule has 0 aromatic heterocycles. The summed E-state index contributed by atoms with van der Waals surface area (Å²) in [5, 5.41) is 0. The molecule has 1 heterocycles. The molecule has 3 aromatic rings. The van der Waals surface area contributed by atoms with Crippen LogP contribution >= 0.6 is 0 Å². The number of benzene rings is 3. The Morgan fingerprint density at radius 1 is 1.03 bits per heavy atom. The van der Waals surface area contributed by atoms with Crippen LogP contribution in [0.1, 0.15) is 11.1 Å². The number of rotatable bonds is 5. The minimum atomic E-state index is -0.957. The lowest BCUT2D eigenvalue weighted by atomic mass is 9.83. The Morgan fingerprint density at radius 2 is 1.86 bits per heavy atom. The van der Waals surface area contributed by atoms with Crippen molar-refractivity contribution in [3.8, 4) is 16.9 Å². The molecule has 1 unspecified atom stereocenters. The molecule has 4 rings (SSSR count). The van der Waals surface area contributed by atoms with Crippen molar-refractivity contribution in [2.24, 2.45) is 4.99 Å². The Bertz CT molecular complexity index is 1070. The normalized spacial score (nSPS) is 17.9. The van der Waals surface area contributed by atoms with Crippen LogP contribution in [0.25, 0.3) is 11.1 Å². The van der Waals surface area contributed by atoms with Crippen LogP contribution in [-0.2, 0) is 19.8 Å². The van der Waals surface area contributed by atoms with Gasteiger partial charge in [-0.1, -0.05) is 48.5 Å². The highest BCUT2D eigenvalue weighted by Gasteiger charge is 2.41. The van der Waals surface area contributed by atoms with Gasteiger partial charge in [0, 0.05) is 5.56 Å². The molecule has 0 saturated carbocycles. The number of hydrogen-bond acceptors (Lipinski definition) is 5. The predicted molar refractivity (Wildman–Crippen MR) is 106 cm³/mol. The minimum Gasteiger partial charge on any atom is -0.497 e. The van der Waals surface area contributed by atoms with Crippen molar-refractivity contribution in [3.63, 3.8) is 0 Å². The lowest BCUT2D eigenvalue weighted by Gasteiger charge is -2.25. The number of aliphatic imine (C=N–C) groups is 1. The first-order chi connectivity index (χ1) is 14.2. The van der Waals surface area contributed by atoms with Gasteiger partial charge in [-0.2, -0.15) is 4.99 Å². The number of carbonyl (C=O) groups is 1. The molecular formula is C23H18FNO4. The van der Waals surface area contributed by atoms with Gasteiger partial charge in [0.2, 0.25) is 0 Å². The largest absolute Gasteiger partial charge is 0.497 e. The second-order valence-corrected chi connectivity index (χ2v) is 6.53. The van der Waals surface area contributed by atoms with Crippen molar-refractivity contribution in [2.75, 3.05) is 13.7 Å². The lowest BCUT2D eigenvalue weighted by molar-refractivity contribution is -0.123. The van der Waals surface area contributed by atoms with E-state index in [0.717, 1.165) is 5.56 Å². The standard InChI is InChI=1S/C23H18FNO4/c1-27-19-9-5-6-16(12-19)20-13-18(10-11-21(20)24)23(17-7-3-2-4-8-17)14-28-22(25-23)29-15-26/h2-13,15H,14H2,1H3. The van der Waals surface area contributed by atoms with Gasteiger partial charge < -0.3 is 14.2 Å². The van der Waals surface area contributed by atoms with E-state index in [0.29, 0.717) is 22.4 Å². The smallest absolute Gasteiger partial charge is 0.392 e. The van der Waals surface area contributed by atoms with Crippen molar-refractivity contribution in [1.29, 1.82) is 0 Å². The Hall–Kier alpha value is -3.67. The van der Waals surface area contributed by atoms with E-state index in [1.165, 1.54) is 6.07 Å². The van der Waals surface area contributed by atoms with Crippen LogP contribution in [-0.4, -0.2) is 26.3 Å². The molecule has 0 amide bonds. The summed E-state index contributed by atoms with van der Waals surface area (Å²) >= 11 is 0. The van der Waals surface area contributed by atoms with Gasteiger partial charge in [0.25, 0.3) is 0 Å². The summed E-state index contributed by atoms with van der Waals surface area (Å²) in [4.78, 5) is 15.3. The quantitative estimate of drug-likeness (QED) is 0.609. The molecular weight excluding hydrogens is 373 g/mol. The summed E-state index contributed by atoms with van der Waals surface area (Å²) in [6, 6.07) is 21.5. The molecule has 3 aromatic carbocycles. The lowest BCUT2D eigenvalue weighted by Crippen LogP contribution is -2.27. The van der Waals surface area contributed by atoms with Crippen LogP contribution in [0, 0.1) is 5.82 Å². The number of halogens is 1. The second-order valence-electron chi connectivity index (χ2n) is 6.53. The molecule has 0 spiro atoms. The zero-order valence-corrected chi connectivity index (χ0v) is 15.7. The highest BCUT2D eigenvalue weighted by atomic mass is 19.1. The molecule has 0 saturated heterocycles. The van der Waals surface area contributed by atoms with E-state index in [9.17, 15) is 9.18 Å². The van der Waals surface area contributed by atoms with Crippen molar-refractivity contribution < 1.29 is 23.4 Å². The zero-order valence-electron chi connectivity index (χ0n) is 15.7. The summed E-state index contributed by atoms with van der Waals surface area (Å²) < 4.78 is 30.3. The Morgan fingerprint density at radius 3 is 2.62 bits per heavy atom. The third kappa shape index (κ3) is 3.45. The first-order valence-electron chi connectivity index (χ1n) is 8.99. The Balaban J connectivity index is 1.87. The highest BCUT2D eigenvalue weighted by molar-refractivity contribution is 5.78. The molecule has 0 N–H and O–H groups in total. The fourth-order valence-corrected chi connectivity index (χ4v) is 3.46. The van der Waals surface area contributed by atoms with Gasteiger partial charge in [-0.05, 0) is 41.0 Å². The maximum absolute atomic E-state index is 14.7. The van der Waals surface area contributed by atoms with E-state index in [1.54, 1.807) is 37.4 Å². The van der Waals surface area contributed by atoms with E-state index in [1.807, 2.05) is 36.4 Å². The highest BCUT2D eigenvalue weighted by Crippen LogP contribution is 2.40. The second kappa shape index (κ2) is 7.75. The summed E-state index contributed by atoms with van der Waals surface area (Å²) in [6.07, 6.45) is -0.115. The van der Waals surface area contributed by atoms with Gasteiger partial charge in [0.15, 0.2) is 5.54 Å². The first-order valence-corrected chi connectivity index (χ1v) is 8.99. The summed E-state index contributed by atoms with van der Waals surface area (Å²) in [7, 11) is 1.56. The maximum atomic E-state index is 14.7. The monoisotopic (exact) mass is 391 g/mol. The Labute approximate surface area is 167 Å². The molecule has 6 heteroatoms. The molecule has 146 valence electrons. The fraction of sp³-hybridized carbons (Fsp3) is 0.130. The summed E-state index contributed by atoms with van der Waals surface area (Å²) in [5.74, 6) is 0.270. The predicted octanol–water partition coefficient (Wildman–Crippen LogP) is 4.30. The molecule has 0 radical (unpaired) electrons. The van der Waals surface area contributed by atoms with Crippen molar-refractivity contribution in [1.82, 2.24) is 0 Å². The minimum absolute atomic E-state index is 0.115. The molecule has 1 atom stereocenters. The van der Waals surface area contributed by atoms with Crippen molar-refractivity contribution in [3.05, 3.63) is 89.7 Å². The molecule has 29 heavy (non-hydrogen) atoms. The number of methoxy groups -OCH3 is 1. The average molecular weight is 391 g/mol. The number of carbonyl (C=O) groups excluding carboxylic acids is 1. The number of hydrogen-bond donors (Lipinski definition) is 0. The topological polar surface area (TPSA) is 57.1 Å². The zero-order chi connectivity index (χ0) is 20.3. The van der Waals surface area contributed by atoms with Gasteiger partial charge in [0.05, 0.1) is 7.11 Å². The van der Waals surface area contributed by atoms with Crippen molar-refractivity contribution >= 4 is 12.6 Å². The van der Waals surface area contributed by atoms with Crippen molar-refractivity contribution in [2.45, 2.75) is 5.54 Å². The Kier molecular flexibility index (Phi) is 4.99. The third-order valence-electron chi connectivity index (χ3n) is 4.91. The molecule has 0 bridgehead atoms. The van der Waals surface area contributed by atoms with Gasteiger partial charge >= 0.3 is 12.6 Å². The molecule has 1 aliphatic rings. The molecule has 1 aliphatic heterocycles. The molecule has 5 nitrogen and oxygen atoms in total. The van der Waals surface area contributed by atoms with Crippen LogP contribution in [0.3, 0.4) is 0 Å². The first kappa shape index (κ1) is 18.7. The van der Waals surface area contributed by atoms with Crippen LogP contribution in [0.5, 0.6) is 5.75 Å². The van der Waals surface area contributed by atoms with E-state index in [4.69, 9.17) is 14.2 Å². The number of ether oxygens (including phenoxy) is 3. The van der Waals surface area contributed by atoms with Gasteiger partial charge in [0.1, 0.15) is 18.2 Å². The maximum Gasteiger partial charge on any atom is 0.392 e. The number of nitrogens with zero attached hydrogens (tertiary/aromatic N) is 1. The average Bonchev–Trinajstić information content (AvgIpc) is 3.20. The van der Waals surface area contributed by atoms with Gasteiger partial charge in [-0.25, -0.2) is 4.39 Å². The molecule has 0 fully saturated rings. The van der Waals surface area contributed by atoms with E-state index in [2.05, 4.69) is 4.99 Å². The van der Waals surface area contributed by atoms with Crippen LogP contribution in [0.2, 0.25) is 0 Å². The van der Waals surface area contributed by atoms with E-state index >= 15 is 0 Å². The summed E-state index contributed by atoms with van der Waals surface area (Å²) in [6.45, 7) is 0.398. The summed E-state index contributed by atoms with van der Waals surface area (Å²) in [5.41, 5.74) is 1.69. The van der Waals surface area contributed by atoms with Gasteiger partial charge in [-0.15, -0.1) is 0 Å². The van der Waals surface area contributed by atoms with Crippen LogP contribution in [0.15, 0.2) is 77.8 Å². The fourth-order valence-electron chi connectivity index (χ4n) is 3.46.